The number of anilines is 1. The second-order valence-corrected chi connectivity index (χ2v) is 6.36. The van der Waals surface area contributed by atoms with E-state index in [2.05, 4.69) is 16.0 Å². The Morgan fingerprint density at radius 2 is 1.62 bits per heavy atom. The lowest BCUT2D eigenvalue weighted by Gasteiger charge is -2.16. The SMILES string of the molecule is C[C@@H](NC(=O)c1ccccc1NC(=O)c1ccccc1)C(=O)NCc1ccco1. The molecule has 1 atom stereocenters. The van der Waals surface area contributed by atoms with E-state index >= 15 is 0 Å². The van der Waals surface area contributed by atoms with E-state index in [1.165, 1.54) is 6.26 Å². The van der Waals surface area contributed by atoms with E-state index in [1.54, 1.807) is 67.6 Å². The summed E-state index contributed by atoms with van der Waals surface area (Å²) in [5, 5.41) is 8.08. The van der Waals surface area contributed by atoms with Gasteiger partial charge in [0.25, 0.3) is 11.8 Å². The van der Waals surface area contributed by atoms with Gasteiger partial charge < -0.3 is 20.4 Å². The molecule has 0 fully saturated rings. The number of hydrogen-bond donors (Lipinski definition) is 3. The lowest BCUT2D eigenvalue weighted by molar-refractivity contribution is -0.122. The van der Waals surface area contributed by atoms with Gasteiger partial charge in [0.1, 0.15) is 11.8 Å². The molecule has 3 aromatic rings. The standard InChI is InChI=1S/C22H21N3O4/c1-15(20(26)23-14-17-10-7-13-29-17)24-22(28)18-11-5-6-12-19(18)25-21(27)16-8-3-2-4-9-16/h2-13,15H,14H2,1H3,(H,23,26)(H,24,28)(H,25,27)/t15-/m1/s1. The van der Waals surface area contributed by atoms with Gasteiger partial charge in [-0.05, 0) is 43.3 Å². The van der Waals surface area contributed by atoms with Crippen LogP contribution in [0.25, 0.3) is 0 Å². The number of rotatable bonds is 7. The molecule has 0 radical (unpaired) electrons. The Balaban J connectivity index is 1.63. The Hall–Kier alpha value is -3.87. The van der Waals surface area contributed by atoms with Crippen LogP contribution in [-0.2, 0) is 11.3 Å². The second kappa shape index (κ2) is 9.36. The second-order valence-electron chi connectivity index (χ2n) is 6.36. The first kappa shape index (κ1) is 19.9. The van der Waals surface area contributed by atoms with E-state index in [0.29, 0.717) is 17.0 Å². The average molecular weight is 391 g/mol. The van der Waals surface area contributed by atoms with Crippen molar-refractivity contribution >= 4 is 23.4 Å². The van der Waals surface area contributed by atoms with Gasteiger partial charge in [-0.2, -0.15) is 0 Å². The minimum Gasteiger partial charge on any atom is -0.467 e. The molecule has 0 aliphatic rings. The van der Waals surface area contributed by atoms with Gasteiger partial charge in [-0.1, -0.05) is 30.3 Å². The van der Waals surface area contributed by atoms with Gasteiger partial charge in [-0.15, -0.1) is 0 Å². The van der Waals surface area contributed by atoms with Crippen molar-refractivity contribution in [2.24, 2.45) is 0 Å². The largest absolute Gasteiger partial charge is 0.467 e. The van der Waals surface area contributed by atoms with E-state index in [4.69, 9.17) is 4.42 Å². The van der Waals surface area contributed by atoms with E-state index in [1.807, 2.05) is 6.07 Å². The third kappa shape index (κ3) is 5.32. The number of carbonyl (C=O) groups is 3. The number of benzene rings is 2. The highest BCUT2D eigenvalue weighted by molar-refractivity contribution is 6.09. The molecule has 0 saturated carbocycles. The van der Waals surface area contributed by atoms with Crippen LogP contribution in [0.3, 0.4) is 0 Å². The molecule has 3 N–H and O–H groups in total. The van der Waals surface area contributed by atoms with Crippen molar-refractivity contribution in [2.75, 3.05) is 5.32 Å². The molecular weight excluding hydrogens is 370 g/mol. The summed E-state index contributed by atoms with van der Waals surface area (Å²) in [7, 11) is 0. The zero-order valence-electron chi connectivity index (χ0n) is 15.8. The summed E-state index contributed by atoms with van der Waals surface area (Å²) in [6.07, 6.45) is 1.52. The van der Waals surface area contributed by atoms with Crippen molar-refractivity contribution in [2.45, 2.75) is 19.5 Å². The van der Waals surface area contributed by atoms with E-state index < -0.39 is 11.9 Å². The number of carbonyl (C=O) groups excluding carboxylic acids is 3. The highest BCUT2D eigenvalue weighted by Gasteiger charge is 2.19. The highest BCUT2D eigenvalue weighted by atomic mass is 16.3. The minimum atomic E-state index is -0.768. The lowest BCUT2D eigenvalue weighted by Crippen LogP contribution is -2.44. The summed E-state index contributed by atoms with van der Waals surface area (Å²) >= 11 is 0. The van der Waals surface area contributed by atoms with Gasteiger partial charge in [-0.3, -0.25) is 14.4 Å². The molecular formula is C22H21N3O4. The van der Waals surface area contributed by atoms with Gasteiger partial charge in [0, 0.05) is 5.56 Å². The molecule has 0 spiro atoms. The number of para-hydroxylation sites is 1. The predicted octanol–water partition coefficient (Wildman–Crippen LogP) is 2.97. The fraction of sp³-hybridized carbons (Fsp3) is 0.136. The summed E-state index contributed by atoms with van der Waals surface area (Å²) in [4.78, 5) is 37.3. The van der Waals surface area contributed by atoms with Crippen LogP contribution in [-0.4, -0.2) is 23.8 Å². The third-order valence-corrected chi connectivity index (χ3v) is 4.21. The van der Waals surface area contributed by atoms with Gasteiger partial charge in [0.05, 0.1) is 24.1 Å². The molecule has 1 aromatic heterocycles. The predicted molar refractivity (Wildman–Crippen MR) is 108 cm³/mol. The van der Waals surface area contributed by atoms with Crippen LogP contribution in [0.2, 0.25) is 0 Å². The quantitative estimate of drug-likeness (QED) is 0.576. The van der Waals surface area contributed by atoms with Crippen molar-refractivity contribution < 1.29 is 18.8 Å². The lowest BCUT2D eigenvalue weighted by atomic mass is 10.1. The van der Waals surface area contributed by atoms with Crippen LogP contribution in [0.15, 0.2) is 77.4 Å². The summed E-state index contributed by atoms with van der Waals surface area (Å²) in [6, 6.07) is 18.0. The van der Waals surface area contributed by atoms with Crippen molar-refractivity contribution in [1.82, 2.24) is 10.6 Å². The van der Waals surface area contributed by atoms with E-state index in [-0.39, 0.29) is 23.9 Å². The zero-order valence-corrected chi connectivity index (χ0v) is 15.8. The molecule has 2 aromatic carbocycles. The minimum absolute atomic E-state index is 0.232. The van der Waals surface area contributed by atoms with Crippen LogP contribution in [0.1, 0.15) is 33.4 Å². The molecule has 3 rings (SSSR count). The molecule has 7 heteroatoms. The molecule has 7 nitrogen and oxygen atoms in total. The fourth-order valence-electron chi connectivity index (χ4n) is 2.65. The molecule has 148 valence electrons. The van der Waals surface area contributed by atoms with E-state index in [0.717, 1.165) is 0 Å². The molecule has 0 saturated heterocycles. The molecule has 3 amide bonds. The fourth-order valence-corrected chi connectivity index (χ4v) is 2.65. The molecule has 0 aliphatic carbocycles. The van der Waals surface area contributed by atoms with Crippen LogP contribution < -0.4 is 16.0 Å². The summed E-state index contributed by atoms with van der Waals surface area (Å²) in [5.74, 6) is -0.518. The maximum absolute atomic E-state index is 12.7. The van der Waals surface area contributed by atoms with Gasteiger partial charge in [0.15, 0.2) is 0 Å². The van der Waals surface area contributed by atoms with Crippen molar-refractivity contribution in [1.29, 1.82) is 0 Å². The van der Waals surface area contributed by atoms with Crippen molar-refractivity contribution in [3.8, 4) is 0 Å². The van der Waals surface area contributed by atoms with Crippen LogP contribution in [0.5, 0.6) is 0 Å². The van der Waals surface area contributed by atoms with E-state index in [9.17, 15) is 14.4 Å². The topological polar surface area (TPSA) is 100 Å². The first-order valence-electron chi connectivity index (χ1n) is 9.11. The van der Waals surface area contributed by atoms with Crippen molar-refractivity contribution in [3.05, 3.63) is 89.9 Å². The third-order valence-electron chi connectivity index (χ3n) is 4.21. The maximum atomic E-state index is 12.7. The molecule has 1 heterocycles. The summed E-state index contributed by atoms with van der Waals surface area (Å²) in [6.45, 7) is 1.82. The normalized spacial score (nSPS) is 11.3. The molecule has 0 aliphatic heterocycles. The Morgan fingerprint density at radius 1 is 0.897 bits per heavy atom. The zero-order chi connectivity index (χ0) is 20.6. The molecule has 0 bridgehead atoms. The average Bonchev–Trinajstić information content (AvgIpc) is 3.26. The maximum Gasteiger partial charge on any atom is 0.255 e. The number of furan rings is 1. The summed E-state index contributed by atoms with van der Waals surface area (Å²) < 4.78 is 5.16. The highest BCUT2D eigenvalue weighted by Crippen LogP contribution is 2.16. The summed E-state index contributed by atoms with van der Waals surface area (Å²) in [5.41, 5.74) is 1.11. The van der Waals surface area contributed by atoms with Crippen molar-refractivity contribution in [3.63, 3.8) is 0 Å². The number of nitrogens with one attached hydrogen (secondary N) is 3. The Labute approximate surface area is 168 Å². The van der Waals surface area contributed by atoms with Crippen LogP contribution in [0.4, 0.5) is 5.69 Å². The first-order chi connectivity index (χ1) is 14.0. The molecule has 29 heavy (non-hydrogen) atoms. The van der Waals surface area contributed by atoms with Gasteiger partial charge in [0.2, 0.25) is 5.91 Å². The van der Waals surface area contributed by atoms with Crippen LogP contribution in [0, 0.1) is 0 Å². The Bertz CT molecular complexity index is 984. The Kier molecular flexibility index (Phi) is 6.42. The number of hydrogen-bond acceptors (Lipinski definition) is 4. The number of amides is 3. The monoisotopic (exact) mass is 391 g/mol. The Morgan fingerprint density at radius 3 is 2.34 bits per heavy atom. The van der Waals surface area contributed by atoms with Crippen LogP contribution >= 0.6 is 0 Å². The smallest absolute Gasteiger partial charge is 0.255 e. The van der Waals surface area contributed by atoms with Gasteiger partial charge >= 0.3 is 0 Å². The first-order valence-corrected chi connectivity index (χ1v) is 9.11. The molecule has 0 unspecified atom stereocenters. The van der Waals surface area contributed by atoms with Gasteiger partial charge in [-0.25, -0.2) is 0 Å².